The van der Waals surface area contributed by atoms with Crippen LogP contribution in [0.25, 0.3) is 0 Å². The maximum atomic E-state index is 10.9. The number of carbonyl (C=O) groups is 1. The van der Waals surface area contributed by atoms with E-state index in [1.165, 1.54) is 6.20 Å². The molecule has 1 atom stereocenters. The first-order chi connectivity index (χ1) is 8.44. The number of amides is 1. The van der Waals surface area contributed by atoms with Crippen LogP contribution < -0.4 is 11.1 Å². The van der Waals surface area contributed by atoms with Crippen LogP contribution in [0.2, 0.25) is 0 Å². The average molecular weight is 253 g/mol. The number of anilines is 1. The van der Waals surface area contributed by atoms with E-state index < -0.39 is 11.5 Å². The number of pyridine rings is 1. The Kier molecular flexibility index (Phi) is 5.06. The summed E-state index contributed by atoms with van der Waals surface area (Å²) in [6.07, 6.45) is 1.92. The highest BCUT2D eigenvalue weighted by Crippen LogP contribution is 2.11. The normalized spacial score (nSPS) is 13.9. The predicted octanol–water partition coefficient (Wildman–Crippen LogP) is 0.380. The number of carbonyl (C=O) groups excluding carboxylic acids is 1. The van der Waals surface area contributed by atoms with Crippen molar-refractivity contribution < 1.29 is 14.6 Å². The van der Waals surface area contributed by atoms with Gasteiger partial charge in [-0.15, -0.1) is 0 Å². The third kappa shape index (κ3) is 4.68. The molecule has 18 heavy (non-hydrogen) atoms. The second-order valence-corrected chi connectivity index (χ2v) is 4.39. The number of hydrogen-bond donors (Lipinski definition) is 3. The Balaban J connectivity index is 2.50. The number of aliphatic hydroxyl groups is 1. The molecular formula is C12H19N3O3. The molecule has 0 aliphatic rings. The Morgan fingerprint density at radius 3 is 2.83 bits per heavy atom. The van der Waals surface area contributed by atoms with Crippen molar-refractivity contribution in [3.63, 3.8) is 0 Å². The summed E-state index contributed by atoms with van der Waals surface area (Å²) in [6.45, 7) is 2.55. The molecule has 0 spiro atoms. The standard InChI is InChI=1S/C12H19N3O3/c1-12(17,5-6-18-2)8-15-10-4-3-9(7-14-10)11(13)16/h3-4,7,17H,5-6,8H2,1-2H3,(H2,13,16)(H,14,15). The third-order valence-electron chi connectivity index (χ3n) is 2.54. The number of nitrogens with two attached hydrogens (primary N) is 1. The molecule has 6 nitrogen and oxygen atoms in total. The molecule has 0 radical (unpaired) electrons. The number of methoxy groups -OCH3 is 1. The van der Waals surface area contributed by atoms with Gasteiger partial charge < -0.3 is 20.9 Å². The minimum atomic E-state index is -0.875. The summed E-state index contributed by atoms with van der Waals surface area (Å²) >= 11 is 0. The Labute approximate surface area is 106 Å². The van der Waals surface area contributed by atoms with E-state index in [4.69, 9.17) is 10.5 Å². The van der Waals surface area contributed by atoms with Gasteiger partial charge in [0.25, 0.3) is 0 Å². The Morgan fingerprint density at radius 2 is 2.33 bits per heavy atom. The Bertz CT molecular complexity index is 390. The van der Waals surface area contributed by atoms with Crippen LogP contribution in [0, 0.1) is 0 Å². The second-order valence-electron chi connectivity index (χ2n) is 4.39. The van der Waals surface area contributed by atoms with Crippen LogP contribution in [0.4, 0.5) is 5.82 Å². The molecule has 6 heteroatoms. The Morgan fingerprint density at radius 1 is 1.61 bits per heavy atom. The summed E-state index contributed by atoms with van der Waals surface area (Å²) in [6, 6.07) is 3.23. The van der Waals surface area contributed by atoms with Crippen LogP contribution in [0.15, 0.2) is 18.3 Å². The van der Waals surface area contributed by atoms with Gasteiger partial charge >= 0.3 is 0 Å². The van der Waals surface area contributed by atoms with Gasteiger partial charge in [0.2, 0.25) is 5.91 Å². The van der Waals surface area contributed by atoms with Crippen molar-refractivity contribution in [1.29, 1.82) is 0 Å². The van der Waals surface area contributed by atoms with Crippen molar-refractivity contribution in [2.75, 3.05) is 25.6 Å². The molecule has 1 aromatic rings. The first-order valence-electron chi connectivity index (χ1n) is 5.66. The highest BCUT2D eigenvalue weighted by molar-refractivity contribution is 5.92. The van der Waals surface area contributed by atoms with Gasteiger partial charge in [0.1, 0.15) is 5.82 Å². The van der Waals surface area contributed by atoms with Crippen molar-refractivity contribution in [2.45, 2.75) is 18.9 Å². The van der Waals surface area contributed by atoms with Crippen LogP contribution in [-0.4, -0.2) is 41.9 Å². The lowest BCUT2D eigenvalue weighted by Gasteiger charge is -2.23. The van der Waals surface area contributed by atoms with Gasteiger partial charge in [-0.05, 0) is 19.1 Å². The summed E-state index contributed by atoms with van der Waals surface area (Å²) in [5.74, 6) is 0.0684. The van der Waals surface area contributed by atoms with E-state index in [0.29, 0.717) is 31.0 Å². The quantitative estimate of drug-likeness (QED) is 0.652. The molecule has 1 aromatic heterocycles. The number of nitrogens with one attached hydrogen (secondary N) is 1. The summed E-state index contributed by atoms with van der Waals surface area (Å²) < 4.78 is 4.92. The zero-order chi connectivity index (χ0) is 13.6. The van der Waals surface area contributed by atoms with Crippen molar-refractivity contribution >= 4 is 11.7 Å². The zero-order valence-corrected chi connectivity index (χ0v) is 10.6. The highest BCUT2D eigenvalue weighted by Gasteiger charge is 2.19. The van der Waals surface area contributed by atoms with E-state index in [1.807, 2.05) is 0 Å². The molecule has 1 rings (SSSR count). The van der Waals surface area contributed by atoms with Gasteiger partial charge in [-0.2, -0.15) is 0 Å². The predicted molar refractivity (Wildman–Crippen MR) is 68.4 cm³/mol. The van der Waals surface area contributed by atoms with Gasteiger partial charge in [-0.1, -0.05) is 0 Å². The molecule has 1 amide bonds. The first-order valence-corrected chi connectivity index (χ1v) is 5.66. The molecule has 0 aliphatic heterocycles. The molecule has 1 unspecified atom stereocenters. The minimum Gasteiger partial charge on any atom is -0.388 e. The van der Waals surface area contributed by atoms with Crippen LogP contribution in [0.5, 0.6) is 0 Å². The fourth-order valence-corrected chi connectivity index (χ4v) is 1.34. The van der Waals surface area contributed by atoms with Crippen LogP contribution in [-0.2, 0) is 4.74 Å². The Hall–Kier alpha value is -1.66. The number of aromatic nitrogens is 1. The third-order valence-corrected chi connectivity index (χ3v) is 2.54. The van der Waals surface area contributed by atoms with Gasteiger partial charge in [0.15, 0.2) is 0 Å². The molecule has 0 saturated heterocycles. The molecule has 1 heterocycles. The smallest absolute Gasteiger partial charge is 0.250 e. The first kappa shape index (κ1) is 14.4. The SMILES string of the molecule is COCCC(C)(O)CNc1ccc(C(N)=O)cn1. The van der Waals surface area contributed by atoms with Crippen LogP contribution >= 0.6 is 0 Å². The molecule has 0 bridgehead atoms. The molecule has 0 fully saturated rings. The largest absolute Gasteiger partial charge is 0.388 e. The number of primary amides is 1. The topological polar surface area (TPSA) is 97.5 Å². The summed E-state index contributed by atoms with van der Waals surface area (Å²) in [4.78, 5) is 14.9. The monoisotopic (exact) mass is 253 g/mol. The lowest BCUT2D eigenvalue weighted by atomic mass is 10.0. The number of ether oxygens (including phenoxy) is 1. The average Bonchev–Trinajstić information content (AvgIpc) is 2.35. The number of rotatable bonds is 7. The van der Waals surface area contributed by atoms with Crippen molar-refractivity contribution in [3.05, 3.63) is 23.9 Å². The van der Waals surface area contributed by atoms with E-state index >= 15 is 0 Å². The maximum Gasteiger partial charge on any atom is 0.250 e. The molecule has 0 saturated carbocycles. The number of hydrogen-bond acceptors (Lipinski definition) is 5. The van der Waals surface area contributed by atoms with Gasteiger partial charge in [-0.3, -0.25) is 4.79 Å². The summed E-state index contributed by atoms with van der Waals surface area (Å²) in [5.41, 5.74) is 4.59. The van der Waals surface area contributed by atoms with E-state index in [0.717, 1.165) is 0 Å². The number of nitrogens with zero attached hydrogens (tertiary/aromatic N) is 1. The van der Waals surface area contributed by atoms with Gasteiger partial charge in [0.05, 0.1) is 11.2 Å². The van der Waals surface area contributed by atoms with Gasteiger partial charge in [0, 0.05) is 32.9 Å². The lowest BCUT2D eigenvalue weighted by Crippen LogP contribution is -2.34. The van der Waals surface area contributed by atoms with Crippen molar-refractivity contribution in [3.8, 4) is 0 Å². The van der Waals surface area contributed by atoms with Crippen molar-refractivity contribution in [1.82, 2.24) is 4.98 Å². The van der Waals surface area contributed by atoms with Gasteiger partial charge in [-0.25, -0.2) is 4.98 Å². The van der Waals surface area contributed by atoms with E-state index in [-0.39, 0.29) is 0 Å². The molecular weight excluding hydrogens is 234 g/mol. The summed E-state index contributed by atoms with van der Waals surface area (Å²) in [5, 5.41) is 13.0. The molecule has 0 aliphatic carbocycles. The molecule has 0 aromatic carbocycles. The van der Waals surface area contributed by atoms with E-state index in [1.54, 1.807) is 26.2 Å². The minimum absolute atomic E-state index is 0.347. The fourth-order valence-electron chi connectivity index (χ4n) is 1.34. The van der Waals surface area contributed by atoms with E-state index in [2.05, 4.69) is 10.3 Å². The molecule has 100 valence electrons. The molecule has 4 N–H and O–H groups in total. The lowest BCUT2D eigenvalue weighted by molar-refractivity contribution is 0.0357. The van der Waals surface area contributed by atoms with Crippen LogP contribution in [0.1, 0.15) is 23.7 Å². The fraction of sp³-hybridized carbons (Fsp3) is 0.500. The second kappa shape index (κ2) is 6.32. The van der Waals surface area contributed by atoms with Crippen LogP contribution in [0.3, 0.4) is 0 Å². The van der Waals surface area contributed by atoms with Crippen molar-refractivity contribution in [2.24, 2.45) is 5.73 Å². The summed E-state index contributed by atoms with van der Waals surface area (Å²) in [7, 11) is 1.59. The van der Waals surface area contributed by atoms with E-state index in [9.17, 15) is 9.90 Å². The zero-order valence-electron chi connectivity index (χ0n) is 10.6. The maximum absolute atomic E-state index is 10.9. The highest BCUT2D eigenvalue weighted by atomic mass is 16.5.